The van der Waals surface area contributed by atoms with Crippen molar-refractivity contribution in [3.05, 3.63) is 28.6 Å². The Morgan fingerprint density at radius 3 is 2.72 bits per heavy atom. The van der Waals surface area contributed by atoms with E-state index in [0.717, 1.165) is 22.7 Å². The van der Waals surface area contributed by atoms with Crippen molar-refractivity contribution in [1.82, 2.24) is 15.2 Å². The van der Waals surface area contributed by atoms with E-state index in [9.17, 15) is 9.59 Å². The molecule has 0 aromatic carbocycles. The first-order valence-electron chi connectivity index (χ1n) is 8.61. The maximum atomic E-state index is 12.4. The van der Waals surface area contributed by atoms with Crippen molar-refractivity contribution < 1.29 is 9.59 Å². The Hall–Kier alpha value is -1.73. The van der Waals surface area contributed by atoms with Crippen molar-refractivity contribution in [2.75, 3.05) is 13.1 Å². The zero-order valence-electron chi connectivity index (χ0n) is 14.5. The standard InChI is InChI=1S/C18H23N3O2S2/c1-12(2)10-16(22)21-7-5-13(6-8-21)19-17(23)14-11-25-18(20-14)15-4-3-9-24-15/h3-4,9,11-13H,5-8,10H2,1-2H3,(H,19,23). The van der Waals surface area contributed by atoms with Gasteiger partial charge in [0.1, 0.15) is 10.7 Å². The van der Waals surface area contributed by atoms with Gasteiger partial charge in [0.2, 0.25) is 5.91 Å². The van der Waals surface area contributed by atoms with Crippen LogP contribution in [0.4, 0.5) is 0 Å². The molecule has 0 saturated carbocycles. The molecule has 0 radical (unpaired) electrons. The minimum atomic E-state index is -0.119. The lowest BCUT2D eigenvalue weighted by Gasteiger charge is -2.32. The number of nitrogens with one attached hydrogen (secondary N) is 1. The van der Waals surface area contributed by atoms with E-state index in [-0.39, 0.29) is 17.9 Å². The van der Waals surface area contributed by atoms with Crippen molar-refractivity contribution in [1.29, 1.82) is 0 Å². The molecule has 0 spiro atoms. The van der Waals surface area contributed by atoms with E-state index in [1.54, 1.807) is 11.3 Å². The molecule has 1 aliphatic heterocycles. The number of likely N-dealkylation sites (tertiary alicyclic amines) is 1. The van der Waals surface area contributed by atoms with Crippen LogP contribution in [0, 0.1) is 5.92 Å². The third-order valence-electron chi connectivity index (χ3n) is 4.23. The Labute approximate surface area is 156 Å². The third-order valence-corrected chi connectivity index (χ3v) is 6.12. The Bertz CT molecular complexity index is 717. The van der Waals surface area contributed by atoms with Gasteiger partial charge in [-0.1, -0.05) is 19.9 Å². The summed E-state index contributed by atoms with van der Waals surface area (Å²) < 4.78 is 0. The van der Waals surface area contributed by atoms with Crippen LogP contribution in [-0.2, 0) is 4.79 Å². The molecule has 0 atom stereocenters. The number of hydrogen-bond donors (Lipinski definition) is 1. The van der Waals surface area contributed by atoms with Crippen LogP contribution in [0.1, 0.15) is 43.6 Å². The van der Waals surface area contributed by atoms with Crippen LogP contribution < -0.4 is 5.32 Å². The molecule has 5 nitrogen and oxygen atoms in total. The van der Waals surface area contributed by atoms with Crippen molar-refractivity contribution in [3.63, 3.8) is 0 Å². The summed E-state index contributed by atoms with van der Waals surface area (Å²) in [6.07, 6.45) is 2.20. The minimum Gasteiger partial charge on any atom is -0.348 e. The quantitative estimate of drug-likeness (QED) is 0.865. The molecular weight excluding hydrogens is 354 g/mol. The molecule has 1 saturated heterocycles. The predicted octanol–water partition coefficient (Wildman–Crippen LogP) is 3.64. The van der Waals surface area contributed by atoms with Gasteiger partial charge in [-0.15, -0.1) is 22.7 Å². The van der Waals surface area contributed by atoms with Gasteiger partial charge >= 0.3 is 0 Å². The molecule has 1 N–H and O–H groups in total. The molecule has 2 amide bonds. The van der Waals surface area contributed by atoms with E-state index >= 15 is 0 Å². The summed E-state index contributed by atoms with van der Waals surface area (Å²) in [5, 5.41) is 7.76. The molecule has 0 unspecified atom stereocenters. The van der Waals surface area contributed by atoms with E-state index in [1.165, 1.54) is 11.3 Å². The monoisotopic (exact) mass is 377 g/mol. The number of thiophene rings is 1. The summed E-state index contributed by atoms with van der Waals surface area (Å²) >= 11 is 3.12. The molecule has 0 aliphatic carbocycles. The lowest BCUT2D eigenvalue weighted by atomic mass is 10.0. The average molecular weight is 378 g/mol. The highest BCUT2D eigenvalue weighted by Crippen LogP contribution is 2.27. The third kappa shape index (κ3) is 4.67. The fourth-order valence-corrected chi connectivity index (χ4v) is 4.52. The van der Waals surface area contributed by atoms with Crippen LogP contribution in [0.25, 0.3) is 9.88 Å². The van der Waals surface area contributed by atoms with E-state index in [1.807, 2.05) is 27.8 Å². The molecule has 0 bridgehead atoms. The Balaban J connectivity index is 1.50. The highest BCUT2D eigenvalue weighted by molar-refractivity contribution is 7.20. The van der Waals surface area contributed by atoms with E-state index < -0.39 is 0 Å². The second-order valence-electron chi connectivity index (χ2n) is 6.74. The van der Waals surface area contributed by atoms with Crippen LogP contribution in [-0.4, -0.2) is 40.8 Å². The van der Waals surface area contributed by atoms with Gasteiger partial charge in [-0.25, -0.2) is 4.98 Å². The van der Waals surface area contributed by atoms with Gasteiger partial charge < -0.3 is 10.2 Å². The maximum absolute atomic E-state index is 12.4. The molecule has 134 valence electrons. The molecule has 2 aromatic rings. The lowest BCUT2D eigenvalue weighted by Crippen LogP contribution is -2.46. The number of piperidine rings is 1. The Kier molecular flexibility index (Phi) is 5.86. The zero-order chi connectivity index (χ0) is 17.8. The fraction of sp³-hybridized carbons (Fsp3) is 0.500. The van der Waals surface area contributed by atoms with Crippen molar-refractivity contribution in [3.8, 4) is 9.88 Å². The second-order valence-corrected chi connectivity index (χ2v) is 8.55. The molecule has 3 rings (SSSR count). The van der Waals surface area contributed by atoms with E-state index in [0.29, 0.717) is 31.1 Å². The van der Waals surface area contributed by atoms with E-state index in [4.69, 9.17) is 0 Å². The summed E-state index contributed by atoms with van der Waals surface area (Å²) in [7, 11) is 0. The summed E-state index contributed by atoms with van der Waals surface area (Å²) in [6.45, 7) is 5.55. The van der Waals surface area contributed by atoms with Gasteiger partial charge in [-0.05, 0) is 30.2 Å². The summed E-state index contributed by atoms with van der Waals surface area (Å²) in [5.41, 5.74) is 0.478. The highest BCUT2D eigenvalue weighted by atomic mass is 32.1. The predicted molar refractivity (Wildman–Crippen MR) is 102 cm³/mol. The topological polar surface area (TPSA) is 62.3 Å². The lowest BCUT2D eigenvalue weighted by molar-refractivity contribution is -0.133. The summed E-state index contributed by atoms with van der Waals surface area (Å²) in [6, 6.07) is 4.10. The minimum absolute atomic E-state index is 0.113. The van der Waals surface area contributed by atoms with E-state index in [2.05, 4.69) is 24.1 Å². The van der Waals surface area contributed by atoms with Gasteiger partial charge in [-0.3, -0.25) is 9.59 Å². The zero-order valence-corrected chi connectivity index (χ0v) is 16.2. The van der Waals surface area contributed by atoms with Crippen molar-refractivity contribution in [2.24, 2.45) is 5.92 Å². The number of hydrogen-bond acceptors (Lipinski definition) is 5. The molecule has 2 aromatic heterocycles. The van der Waals surface area contributed by atoms with Crippen LogP contribution in [0.5, 0.6) is 0 Å². The molecular formula is C18H23N3O2S2. The van der Waals surface area contributed by atoms with Gasteiger partial charge in [0.25, 0.3) is 5.91 Å². The fourth-order valence-electron chi connectivity index (χ4n) is 2.90. The smallest absolute Gasteiger partial charge is 0.270 e. The molecule has 7 heteroatoms. The average Bonchev–Trinajstić information content (AvgIpc) is 3.26. The van der Waals surface area contributed by atoms with Gasteiger partial charge in [-0.2, -0.15) is 0 Å². The van der Waals surface area contributed by atoms with Gasteiger partial charge in [0.05, 0.1) is 4.88 Å². The first-order valence-corrected chi connectivity index (χ1v) is 10.4. The van der Waals surface area contributed by atoms with Crippen molar-refractivity contribution >= 4 is 34.5 Å². The number of nitrogens with zero attached hydrogens (tertiary/aromatic N) is 2. The molecule has 25 heavy (non-hydrogen) atoms. The summed E-state index contributed by atoms with van der Waals surface area (Å²) in [5.74, 6) is 0.484. The maximum Gasteiger partial charge on any atom is 0.270 e. The largest absolute Gasteiger partial charge is 0.348 e. The Morgan fingerprint density at radius 1 is 1.32 bits per heavy atom. The van der Waals surface area contributed by atoms with Crippen LogP contribution in [0.15, 0.2) is 22.9 Å². The Morgan fingerprint density at radius 2 is 2.08 bits per heavy atom. The SMILES string of the molecule is CC(C)CC(=O)N1CCC(NC(=O)c2csc(-c3cccs3)n2)CC1. The number of carbonyl (C=O) groups is 2. The number of amides is 2. The number of rotatable bonds is 5. The van der Waals surface area contributed by atoms with Gasteiger partial charge in [0, 0.05) is 30.9 Å². The first-order chi connectivity index (χ1) is 12.0. The molecule has 3 heterocycles. The number of thiazole rings is 1. The summed E-state index contributed by atoms with van der Waals surface area (Å²) in [4.78, 5) is 32.0. The van der Waals surface area contributed by atoms with Crippen LogP contribution in [0.3, 0.4) is 0 Å². The number of aromatic nitrogens is 1. The van der Waals surface area contributed by atoms with Gasteiger partial charge in [0.15, 0.2) is 0 Å². The number of carbonyl (C=O) groups excluding carboxylic acids is 2. The highest BCUT2D eigenvalue weighted by Gasteiger charge is 2.25. The second kappa shape index (κ2) is 8.10. The van der Waals surface area contributed by atoms with Crippen LogP contribution >= 0.6 is 22.7 Å². The van der Waals surface area contributed by atoms with Crippen LogP contribution in [0.2, 0.25) is 0 Å². The van der Waals surface area contributed by atoms with Crippen molar-refractivity contribution in [2.45, 2.75) is 39.2 Å². The normalized spacial score (nSPS) is 15.6. The molecule has 1 aliphatic rings. The first kappa shape index (κ1) is 18.1. The molecule has 1 fully saturated rings.